The Morgan fingerprint density at radius 3 is 2.76 bits per heavy atom. The number of hydrogen-bond acceptors (Lipinski definition) is 6. The van der Waals surface area contributed by atoms with E-state index < -0.39 is 16.9 Å². The maximum Gasteiger partial charge on any atom is 0.292 e. The number of hydrogen-bond donors (Lipinski definition) is 3. The fourth-order valence-corrected chi connectivity index (χ4v) is 2.64. The number of amides is 2. The molecule has 136 valence electrons. The first-order valence-electron chi connectivity index (χ1n) is 8.16. The van der Waals surface area contributed by atoms with Gasteiger partial charge in [-0.3, -0.25) is 19.7 Å². The molecule has 9 heteroatoms. The summed E-state index contributed by atoms with van der Waals surface area (Å²) in [4.78, 5) is 33.3. The standard InChI is InChI=1S/C16H22N4O5/c17-16(22)14-8-7-11(25-14)10-19-15(21)6-3-9-18-12-4-1-2-5-13(12)20(23)24/h1-2,4-5,11,14,18H,3,6-10H2,(H2,17,22)(H,19,21)/t11-,14+/m0/s1. The summed E-state index contributed by atoms with van der Waals surface area (Å²) < 4.78 is 5.43. The summed E-state index contributed by atoms with van der Waals surface area (Å²) in [6, 6.07) is 6.37. The van der Waals surface area contributed by atoms with Crippen molar-refractivity contribution in [1.82, 2.24) is 5.32 Å². The van der Waals surface area contributed by atoms with Gasteiger partial charge in [0.05, 0.1) is 11.0 Å². The molecular formula is C16H22N4O5. The number of nitrogens with one attached hydrogen (secondary N) is 2. The molecule has 0 saturated carbocycles. The van der Waals surface area contributed by atoms with E-state index in [0.717, 1.165) is 0 Å². The Labute approximate surface area is 145 Å². The zero-order valence-electron chi connectivity index (χ0n) is 13.8. The Kier molecular flexibility index (Phi) is 6.70. The molecule has 0 aliphatic carbocycles. The second-order valence-electron chi connectivity index (χ2n) is 5.84. The molecule has 2 rings (SSSR count). The maximum atomic E-state index is 11.8. The van der Waals surface area contributed by atoms with Gasteiger partial charge >= 0.3 is 0 Å². The van der Waals surface area contributed by atoms with Crippen molar-refractivity contribution in [3.63, 3.8) is 0 Å². The Bertz CT molecular complexity index is 637. The highest BCUT2D eigenvalue weighted by Crippen LogP contribution is 2.23. The van der Waals surface area contributed by atoms with Crippen LogP contribution in [0, 0.1) is 10.1 Å². The highest BCUT2D eigenvalue weighted by Gasteiger charge is 2.29. The number of nitrogens with zero attached hydrogens (tertiary/aromatic N) is 1. The first-order valence-corrected chi connectivity index (χ1v) is 8.16. The number of ether oxygens (including phenoxy) is 1. The van der Waals surface area contributed by atoms with Crippen LogP contribution in [0.5, 0.6) is 0 Å². The summed E-state index contributed by atoms with van der Waals surface area (Å²) in [5.74, 6) is -0.606. The van der Waals surface area contributed by atoms with Gasteiger partial charge in [0.2, 0.25) is 11.8 Å². The molecule has 1 fully saturated rings. The van der Waals surface area contributed by atoms with E-state index in [0.29, 0.717) is 44.5 Å². The summed E-state index contributed by atoms with van der Waals surface area (Å²) in [5, 5.41) is 16.6. The number of carbonyl (C=O) groups is 2. The fourth-order valence-electron chi connectivity index (χ4n) is 2.64. The molecule has 1 saturated heterocycles. The topological polar surface area (TPSA) is 137 Å². The molecule has 9 nitrogen and oxygen atoms in total. The monoisotopic (exact) mass is 350 g/mol. The lowest BCUT2D eigenvalue weighted by molar-refractivity contribution is -0.384. The molecule has 2 amide bonds. The summed E-state index contributed by atoms with van der Waals surface area (Å²) in [7, 11) is 0. The van der Waals surface area contributed by atoms with Crippen LogP contribution in [0.25, 0.3) is 0 Å². The van der Waals surface area contributed by atoms with Gasteiger partial charge in [-0.15, -0.1) is 0 Å². The third-order valence-corrected chi connectivity index (χ3v) is 3.95. The average molecular weight is 350 g/mol. The Morgan fingerprint density at radius 2 is 2.08 bits per heavy atom. The number of rotatable bonds is 9. The number of primary amides is 1. The number of nitro benzene ring substituents is 1. The van der Waals surface area contributed by atoms with Gasteiger partial charge in [0, 0.05) is 25.6 Å². The van der Waals surface area contributed by atoms with Gasteiger partial charge in [-0.25, -0.2) is 0 Å². The lowest BCUT2D eigenvalue weighted by Crippen LogP contribution is -2.34. The molecule has 25 heavy (non-hydrogen) atoms. The predicted molar refractivity (Wildman–Crippen MR) is 90.9 cm³/mol. The highest BCUT2D eigenvalue weighted by atomic mass is 16.6. The zero-order valence-corrected chi connectivity index (χ0v) is 13.8. The van der Waals surface area contributed by atoms with E-state index in [1.54, 1.807) is 18.2 Å². The van der Waals surface area contributed by atoms with Crippen LogP contribution in [0.15, 0.2) is 24.3 Å². The van der Waals surface area contributed by atoms with Crippen molar-refractivity contribution < 1.29 is 19.2 Å². The van der Waals surface area contributed by atoms with E-state index in [1.165, 1.54) is 6.07 Å². The maximum absolute atomic E-state index is 11.8. The zero-order chi connectivity index (χ0) is 18.2. The quantitative estimate of drug-likeness (QED) is 0.344. The number of para-hydroxylation sites is 2. The van der Waals surface area contributed by atoms with Crippen LogP contribution in [0.2, 0.25) is 0 Å². The molecule has 1 aromatic carbocycles. The van der Waals surface area contributed by atoms with Crippen molar-refractivity contribution in [2.75, 3.05) is 18.4 Å². The van der Waals surface area contributed by atoms with E-state index in [-0.39, 0.29) is 17.7 Å². The van der Waals surface area contributed by atoms with Crippen LogP contribution in [-0.2, 0) is 14.3 Å². The predicted octanol–water partition coefficient (Wildman–Crippen LogP) is 0.936. The first-order chi connectivity index (χ1) is 12.0. The van der Waals surface area contributed by atoms with Crippen molar-refractivity contribution >= 4 is 23.2 Å². The summed E-state index contributed by atoms with van der Waals surface area (Å²) in [6.07, 6.45) is 1.34. The summed E-state index contributed by atoms with van der Waals surface area (Å²) in [6.45, 7) is 0.794. The van der Waals surface area contributed by atoms with Crippen LogP contribution in [0.4, 0.5) is 11.4 Å². The minimum absolute atomic E-state index is 0.00865. The lowest BCUT2D eigenvalue weighted by Gasteiger charge is -2.13. The number of carbonyl (C=O) groups excluding carboxylic acids is 2. The van der Waals surface area contributed by atoms with E-state index >= 15 is 0 Å². The van der Waals surface area contributed by atoms with E-state index in [2.05, 4.69) is 10.6 Å². The van der Waals surface area contributed by atoms with Crippen molar-refractivity contribution in [3.8, 4) is 0 Å². The van der Waals surface area contributed by atoms with Gasteiger partial charge in [0.15, 0.2) is 0 Å². The van der Waals surface area contributed by atoms with Gasteiger partial charge in [-0.05, 0) is 25.3 Å². The van der Waals surface area contributed by atoms with Crippen molar-refractivity contribution in [2.45, 2.75) is 37.9 Å². The normalized spacial score (nSPS) is 19.4. The van der Waals surface area contributed by atoms with E-state index in [9.17, 15) is 19.7 Å². The minimum atomic E-state index is -0.562. The molecular weight excluding hydrogens is 328 g/mol. The minimum Gasteiger partial charge on any atom is -0.379 e. The molecule has 0 radical (unpaired) electrons. The molecule has 0 bridgehead atoms. The summed E-state index contributed by atoms with van der Waals surface area (Å²) >= 11 is 0. The Morgan fingerprint density at radius 1 is 1.32 bits per heavy atom. The fraction of sp³-hybridized carbons (Fsp3) is 0.500. The molecule has 1 heterocycles. The Balaban J connectivity index is 1.63. The van der Waals surface area contributed by atoms with E-state index in [4.69, 9.17) is 10.5 Å². The number of benzene rings is 1. The largest absolute Gasteiger partial charge is 0.379 e. The highest BCUT2D eigenvalue weighted by molar-refractivity contribution is 5.79. The van der Waals surface area contributed by atoms with Gasteiger partial charge in [0.1, 0.15) is 11.8 Å². The second kappa shape index (κ2) is 8.97. The smallest absolute Gasteiger partial charge is 0.292 e. The molecule has 4 N–H and O–H groups in total. The van der Waals surface area contributed by atoms with Crippen LogP contribution in [0.1, 0.15) is 25.7 Å². The Hall–Kier alpha value is -2.68. The molecule has 1 aromatic rings. The molecule has 2 atom stereocenters. The van der Waals surface area contributed by atoms with Crippen LogP contribution < -0.4 is 16.4 Å². The number of nitrogens with two attached hydrogens (primary N) is 1. The lowest BCUT2D eigenvalue weighted by atomic mass is 10.2. The summed E-state index contributed by atoms with van der Waals surface area (Å²) in [5.41, 5.74) is 5.62. The van der Waals surface area contributed by atoms with Crippen LogP contribution in [-0.4, -0.2) is 42.0 Å². The van der Waals surface area contributed by atoms with Gasteiger partial charge in [-0.2, -0.15) is 0 Å². The number of nitro groups is 1. The molecule has 1 aliphatic rings. The molecule has 0 spiro atoms. The first kappa shape index (κ1) is 18.7. The SMILES string of the molecule is NC(=O)[C@H]1CC[C@@H](CNC(=O)CCCNc2ccccc2[N+](=O)[O-])O1. The van der Waals surface area contributed by atoms with E-state index in [1.807, 2.05) is 0 Å². The van der Waals surface area contributed by atoms with Crippen LogP contribution in [0.3, 0.4) is 0 Å². The second-order valence-corrected chi connectivity index (χ2v) is 5.84. The van der Waals surface area contributed by atoms with Crippen molar-refractivity contribution in [3.05, 3.63) is 34.4 Å². The third kappa shape index (κ3) is 5.71. The number of anilines is 1. The van der Waals surface area contributed by atoms with Gasteiger partial charge < -0.3 is 21.1 Å². The third-order valence-electron chi connectivity index (χ3n) is 3.95. The van der Waals surface area contributed by atoms with Gasteiger partial charge in [-0.1, -0.05) is 12.1 Å². The molecule has 0 unspecified atom stereocenters. The molecule has 0 aromatic heterocycles. The van der Waals surface area contributed by atoms with Crippen molar-refractivity contribution in [1.29, 1.82) is 0 Å². The average Bonchev–Trinajstić information content (AvgIpc) is 3.06. The van der Waals surface area contributed by atoms with Crippen LogP contribution >= 0.6 is 0 Å². The molecule has 1 aliphatic heterocycles. The van der Waals surface area contributed by atoms with Gasteiger partial charge in [0.25, 0.3) is 5.69 Å². The van der Waals surface area contributed by atoms with Crippen molar-refractivity contribution in [2.24, 2.45) is 5.73 Å².